The maximum atomic E-state index is 13.1. The summed E-state index contributed by atoms with van der Waals surface area (Å²) < 4.78 is 30.4. The van der Waals surface area contributed by atoms with Gasteiger partial charge in [0, 0.05) is 44.7 Å². The fraction of sp³-hybridized carbons (Fsp3) is 0.632. The van der Waals surface area contributed by atoms with E-state index < -0.39 is 5.79 Å². The molecule has 1 spiro atoms. The number of hydrogen-bond acceptors (Lipinski definition) is 5. The molecule has 9 heteroatoms. The monoisotopic (exact) mass is 506 g/mol. The summed E-state index contributed by atoms with van der Waals surface area (Å²) in [6.07, 6.45) is 1.49. The number of piperazine rings is 1. The van der Waals surface area contributed by atoms with Gasteiger partial charge >= 0.3 is 0 Å². The average Bonchev–Trinajstić information content (AvgIpc) is 3.09. The molecule has 0 saturated carbocycles. The lowest BCUT2D eigenvalue weighted by Gasteiger charge is -2.36. The van der Waals surface area contributed by atoms with Gasteiger partial charge in [0.1, 0.15) is 11.9 Å². The Bertz CT molecular complexity index is 662. The van der Waals surface area contributed by atoms with E-state index in [1.54, 1.807) is 0 Å². The molecule has 4 rings (SSSR count). The number of nitrogens with zero attached hydrogens (tertiary/aromatic N) is 3. The molecular weight excluding hydrogens is 478 g/mol. The Morgan fingerprint density at radius 1 is 1.14 bits per heavy atom. The summed E-state index contributed by atoms with van der Waals surface area (Å²) in [6, 6.07) is 6.61. The largest absolute Gasteiger partial charge is 0.381 e. The van der Waals surface area contributed by atoms with Crippen molar-refractivity contribution in [2.45, 2.75) is 24.7 Å². The molecule has 1 unspecified atom stereocenters. The molecule has 1 aromatic carbocycles. The maximum Gasteiger partial charge on any atom is 0.191 e. The van der Waals surface area contributed by atoms with E-state index in [0.717, 1.165) is 44.7 Å². The van der Waals surface area contributed by atoms with Crippen molar-refractivity contribution in [3.63, 3.8) is 0 Å². The van der Waals surface area contributed by atoms with Gasteiger partial charge in [0.2, 0.25) is 0 Å². The number of halogens is 2. The molecule has 2 N–H and O–H groups in total. The lowest BCUT2D eigenvalue weighted by atomic mass is 10.1. The van der Waals surface area contributed by atoms with E-state index in [1.165, 1.54) is 12.1 Å². The zero-order valence-electron chi connectivity index (χ0n) is 15.9. The van der Waals surface area contributed by atoms with Gasteiger partial charge in [-0.15, -0.1) is 24.0 Å². The van der Waals surface area contributed by atoms with Gasteiger partial charge in [0.15, 0.2) is 11.7 Å². The standard InChI is InChI=1S/C19H27FN4O3.HI/c20-15-1-3-16(4-2-15)23-7-9-24(10-8-23)18(21)22-13-17-14-26-19(27-17)5-11-25-12-6-19;/h1-4,17H,5-14H2,(H2,21,22);1H. The normalized spacial score (nSPS) is 25.0. The molecule has 0 amide bonds. The first-order chi connectivity index (χ1) is 13.1. The molecule has 3 aliphatic rings. The minimum Gasteiger partial charge on any atom is -0.381 e. The van der Waals surface area contributed by atoms with Crippen LogP contribution in [0.25, 0.3) is 0 Å². The van der Waals surface area contributed by atoms with Crippen molar-refractivity contribution in [1.29, 1.82) is 0 Å². The third kappa shape index (κ3) is 5.05. The summed E-state index contributed by atoms with van der Waals surface area (Å²) in [4.78, 5) is 8.84. The molecule has 28 heavy (non-hydrogen) atoms. The number of guanidine groups is 1. The number of anilines is 1. The van der Waals surface area contributed by atoms with Crippen molar-refractivity contribution < 1.29 is 18.6 Å². The molecule has 0 aliphatic carbocycles. The predicted molar refractivity (Wildman–Crippen MR) is 116 cm³/mol. The summed E-state index contributed by atoms with van der Waals surface area (Å²) in [5, 5.41) is 0. The van der Waals surface area contributed by atoms with Gasteiger partial charge in [-0.2, -0.15) is 0 Å². The van der Waals surface area contributed by atoms with Crippen molar-refractivity contribution in [2.24, 2.45) is 10.7 Å². The van der Waals surface area contributed by atoms with E-state index in [4.69, 9.17) is 19.9 Å². The summed E-state index contributed by atoms with van der Waals surface area (Å²) in [6.45, 7) is 5.64. The topological polar surface area (TPSA) is 72.5 Å². The molecule has 1 aromatic rings. The van der Waals surface area contributed by atoms with Crippen LogP contribution in [-0.2, 0) is 14.2 Å². The molecule has 3 fully saturated rings. The van der Waals surface area contributed by atoms with Crippen LogP contribution in [0.3, 0.4) is 0 Å². The molecule has 0 aromatic heterocycles. The van der Waals surface area contributed by atoms with Gasteiger partial charge in [-0.05, 0) is 24.3 Å². The Labute approximate surface area is 182 Å². The van der Waals surface area contributed by atoms with E-state index in [-0.39, 0.29) is 35.9 Å². The molecule has 156 valence electrons. The van der Waals surface area contributed by atoms with Crippen molar-refractivity contribution in [3.8, 4) is 0 Å². The van der Waals surface area contributed by atoms with Gasteiger partial charge < -0.3 is 29.7 Å². The quantitative estimate of drug-likeness (QED) is 0.383. The number of aliphatic imine (C=N–C) groups is 1. The minimum absolute atomic E-state index is 0. The molecule has 7 nitrogen and oxygen atoms in total. The number of rotatable bonds is 3. The van der Waals surface area contributed by atoms with Crippen LogP contribution in [-0.4, -0.2) is 75.3 Å². The second kappa shape index (κ2) is 9.55. The van der Waals surface area contributed by atoms with Crippen LogP contribution in [0.4, 0.5) is 10.1 Å². The van der Waals surface area contributed by atoms with Crippen molar-refractivity contribution in [3.05, 3.63) is 30.1 Å². The van der Waals surface area contributed by atoms with E-state index in [0.29, 0.717) is 32.3 Å². The molecule has 3 aliphatic heterocycles. The van der Waals surface area contributed by atoms with Crippen molar-refractivity contribution in [2.75, 3.05) is 57.4 Å². The summed E-state index contributed by atoms with van der Waals surface area (Å²) in [5.74, 6) is -0.145. The second-order valence-electron chi connectivity index (χ2n) is 7.22. The van der Waals surface area contributed by atoms with Gasteiger partial charge in [0.05, 0.1) is 26.4 Å². The van der Waals surface area contributed by atoms with Crippen molar-refractivity contribution >= 4 is 35.6 Å². The second-order valence-corrected chi connectivity index (χ2v) is 7.22. The number of hydrogen-bond donors (Lipinski definition) is 1. The van der Waals surface area contributed by atoms with Crippen LogP contribution in [0, 0.1) is 5.82 Å². The first-order valence-electron chi connectivity index (χ1n) is 9.58. The highest BCUT2D eigenvalue weighted by Gasteiger charge is 2.42. The lowest BCUT2D eigenvalue weighted by Crippen LogP contribution is -2.51. The van der Waals surface area contributed by atoms with E-state index >= 15 is 0 Å². The Morgan fingerprint density at radius 2 is 1.82 bits per heavy atom. The Kier molecular flexibility index (Phi) is 7.35. The molecule has 3 saturated heterocycles. The van der Waals surface area contributed by atoms with Crippen molar-refractivity contribution in [1.82, 2.24) is 4.90 Å². The molecule has 0 bridgehead atoms. The highest BCUT2D eigenvalue weighted by molar-refractivity contribution is 14.0. The van der Waals surface area contributed by atoms with E-state index in [1.807, 2.05) is 12.1 Å². The SMILES string of the molecule is I.NC(=NCC1COC2(CCOCC2)O1)N1CCN(c2ccc(F)cc2)CC1. The third-order valence-corrected chi connectivity index (χ3v) is 5.42. The first-order valence-corrected chi connectivity index (χ1v) is 9.58. The maximum absolute atomic E-state index is 13.1. The third-order valence-electron chi connectivity index (χ3n) is 5.42. The van der Waals surface area contributed by atoms with Gasteiger partial charge in [-0.25, -0.2) is 4.39 Å². The molecular formula is C19H28FIN4O3. The molecule has 0 radical (unpaired) electrons. The number of ether oxygens (including phenoxy) is 3. The average molecular weight is 506 g/mol. The highest BCUT2D eigenvalue weighted by Crippen LogP contribution is 2.33. The Balaban J connectivity index is 0.00000225. The van der Waals surface area contributed by atoms with Gasteiger partial charge in [-0.3, -0.25) is 4.99 Å². The Hall–Kier alpha value is -1.17. The molecule has 3 heterocycles. The Morgan fingerprint density at radius 3 is 2.50 bits per heavy atom. The minimum atomic E-state index is -0.478. The highest BCUT2D eigenvalue weighted by atomic mass is 127. The zero-order valence-corrected chi connectivity index (χ0v) is 18.2. The summed E-state index contributed by atoms with van der Waals surface area (Å²) in [5.41, 5.74) is 7.22. The van der Waals surface area contributed by atoms with E-state index in [2.05, 4.69) is 14.8 Å². The smallest absolute Gasteiger partial charge is 0.191 e. The van der Waals surface area contributed by atoms with Crippen LogP contribution < -0.4 is 10.6 Å². The fourth-order valence-electron chi connectivity index (χ4n) is 3.79. The summed E-state index contributed by atoms with van der Waals surface area (Å²) >= 11 is 0. The zero-order chi connectivity index (χ0) is 18.7. The van der Waals surface area contributed by atoms with Gasteiger partial charge in [0.25, 0.3) is 0 Å². The first kappa shape index (κ1) is 21.5. The molecule has 1 atom stereocenters. The summed E-state index contributed by atoms with van der Waals surface area (Å²) in [7, 11) is 0. The fourth-order valence-corrected chi connectivity index (χ4v) is 3.79. The van der Waals surface area contributed by atoms with Crippen LogP contribution in [0.1, 0.15) is 12.8 Å². The van der Waals surface area contributed by atoms with Crippen LogP contribution in [0.5, 0.6) is 0 Å². The van der Waals surface area contributed by atoms with Crippen LogP contribution in [0.15, 0.2) is 29.3 Å². The van der Waals surface area contributed by atoms with Crippen LogP contribution >= 0.6 is 24.0 Å². The lowest BCUT2D eigenvalue weighted by molar-refractivity contribution is -0.210. The number of nitrogens with two attached hydrogens (primary N) is 1. The van der Waals surface area contributed by atoms with Crippen LogP contribution in [0.2, 0.25) is 0 Å². The predicted octanol–water partition coefficient (Wildman–Crippen LogP) is 1.80. The number of benzene rings is 1. The van der Waals surface area contributed by atoms with Gasteiger partial charge in [-0.1, -0.05) is 0 Å². The van der Waals surface area contributed by atoms with E-state index in [9.17, 15) is 4.39 Å².